The van der Waals surface area contributed by atoms with E-state index in [1.807, 2.05) is 30.4 Å². The molecule has 84 valence electrons. The summed E-state index contributed by atoms with van der Waals surface area (Å²) >= 11 is 0. The van der Waals surface area contributed by atoms with Gasteiger partial charge in [0.25, 0.3) is 0 Å². The normalized spacial score (nSPS) is 28.3. The van der Waals surface area contributed by atoms with E-state index in [0.29, 0.717) is 5.92 Å². The zero-order chi connectivity index (χ0) is 11.8. The molecule has 1 aromatic carbocycles. The monoisotopic (exact) mass is 214 g/mol. The Bertz CT molecular complexity index is 460. The van der Waals surface area contributed by atoms with Gasteiger partial charge in [0.05, 0.1) is 5.54 Å². The number of benzene rings is 1. The summed E-state index contributed by atoms with van der Waals surface area (Å²) in [4.78, 5) is 0. The van der Waals surface area contributed by atoms with Crippen LogP contribution >= 0.6 is 0 Å². The summed E-state index contributed by atoms with van der Waals surface area (Å²) in [5.41, 5.74) is 14.9. The van der Waals surface area contributed by atoms with Gasteiger partial charge in [0, 0.05) is 11.6 Å². The average molecular weight is 214 g/mol. The van der Waals surface area contributed by atoms with Crippen LogP contribution in [0.15, 0.2) is 42.5 Å². The standard InChI is InChI=1S/C14H18N2/c1-10-9-12(15)6-7-13(10)14(16)8-4-3-5-11(14)2/h3-9,11H,15-16H2,1-2H3. The lowest BCUT2D eigenvalue weighted by atomic mass is 9.75. The summed E-state index contributed by atoms with van der Waals surface area (Å²) in [5.74, 6) is 0.292. The van der Waals surface area contributed by atoms with E-state index in [0.717, 1.165) is 16.8 Å². The number of allylic oxidation sites excluding steroid dienone is 2. The Hall–Kier alpha value is -1.54. The lowest BCUT2D eigenvalue weighted by Crippen LogP contribution is -2.41. The maximum absolute atomic E-state index is 6.50. The van der Waals surface area contributed by atoms with Crippen LogP contribution in [-0.4, -0.2) is 0 Å². The van der Waals surface area contributed by atoms with Crippen LogP contribution in [0, 0.1) is 12.8 Å². The first-order valence-corrected chi connectivity index (χ1v) is 5.55. The van der Waals surface area contributed by atoms with Gasteiger partial charge < -0.3 is 11.5 Å². The van der Waals surface area contributed by atoms with Gasteiger partial charge in [-0.3, -0.25) is 0 Å². The molecule has 0 heterocycles. The summed E-state index contributed by atoms with van der Waals surface area (Å²) in [6.45, 7) is 4.19. The van der Waals surface area contributed by atoms with Crippen molar-refractivity contribution < 1.29 is 0 Å². The zero-order valence-corrected chi connectivity index (χ0v) is 9.77. The highest BCUT2D eigenvalue weighted by molar-refractivity contribution is 5.49. The average Bonchev–Trinajstić information content (AvgIpc) is 2.22. The van der Waals surface area contributed by atoms with E-state index >= 15 is 0 Å². The molecule has 1 aliphatic carbocycles. The largest absolute Gasteiger partial charge is 0.399 e. The van der Waals surface area contributed by atoms with Crippen molar-refractivity contribution in [3.8, 4) is 0 Å². The highest BCUT2D eigenvalue weighted by Gasteiger charge is 2.32. The maximum Gasteiger partial charge on any atom is 0.0662 e. The van der Waals surface area contributed by atoms with E-state index < -0.39 is 5.54 Å². The summed E-state index contributed by atoms with van der Waals surface area (Å²) in [5, 5.41) is 0. The van der Waals surface area contributed by atoms with Gasteiger partial charge in [0.1, 0.15) is 0 Å². The summed E-state index contributed by atoms with van der Waals surface area (Å²) < 4.78 is 0. The fourth-order valence-corrected chi connectivity index (χ4v) is 2.26. The molecular weight excluding hydrogens is 196 g/mol. The molecule has 2 heteroatoms. The van der Waals surface area contributed by atoms with Gasteiger partial charge in [-0.2, -0.15) is 0 Å². The lowest BCUT2D eigenvalue weighted by Gasteiger charge is -2.34. The number of nitrogens with two attached hydrogens (primary N) is 2. The fraction of sp³-hybridized carbons (Fsp3) is 0.286. The predicted octanol–water partition coefficient (Wildman–Crippen LogP) is 2.49. The summed E-state index contributed by atoms with van der Waals surface area (Å²) in [7, 11) is 0. The first-order valence-electron chi connectivity index (χ1n) is 5.55. The van der Waals surface area contributed by atoms with Crippen LogP contribution in [0.4, 0.5) is 5.69 Å². The number of hydrogen-bond acceptors (Lipinski definition) is 2. The van der Waals surface area contributed by atoms with Gasteiger partial charge in [-0.05, 0) is 30.2 Å². The van der Waals surface area contributed by atoms with E-state index in [4.69, 9.17) is 11.5 Å². The quantitative estimate of drug-likeness (QED) is 0.706. The molecule has 0 aromatic heterocycles. The smallest absolute Gasteiger partial charge is 0.0662 e. The molecule has 0 aliphatic heterocycles. The van der Waals surface area contributed by atoms with Gasteiger partial charge in [0.2, 0.25) is 0 Å². The van der Waals surface area contributed by atoms with Gasteiger partial charge in [-0.15, -0.1) is 0 Å². The number of aryl methyl sites for hydroxylation is 1. The first-order chi connectivity index (χ1) is 7.54. The van der Waals surface area contributed by atoms with E-state index in [-0.39, 0.29) is 0 Å². The minimum Gasteiger partial charge on any atom is -0.399 e. The van der Waals surface area contributed by atoms with E-state index in [2.05, 4.69) is 26.0 Å². The molecule has 2 rings (SSSR count). The molecule has 0 amide bonds. The van der Waals surface area contributed by atoms with Crippen LogP contribution in [0.25, 0.3) is 0 Å². The molecule has 0 radical (unpaired) electrons. The molecule has 0 saturated carbocycles. The fourth-order valence-electron chi connectivity index (χ4n) is 2.26. The van der Waals surface area contributed by atoms with Crippen molar-refractivity contribution in [1.29, 1.82) is 0 Å². The van der Waals surface area contributed by atoms with Crippen molar-refractivity contribution in [2.24, 2.45) is 11.7 Å². The molecule has 16 heavy (non-hydrogen) atoms. The molecule has 1 aromatic rings. The molecule has 4 N–H and O–H groups in total. The highest BCUT2D eigenvalue weighted by Crippen LogP contribution is 2.34. The van der Waals surface area contributed by atoms with Crippen LogP contribution in [0.2, 0.25) is 0 Å². The first kappa shape index (κ1) is 11.0. The van der Waals surface area contributed by atoms with Gasteiger partial charge >= 0.3 is 0 Å². The SMILES string of the molecule is Cc1cc(N)ccc1C1(N)C=CC=CC1C. The van der Waals surface area contributed by atoms with Crippen molar-refractivity contribution in [3.63, 3.8) is 0 Å². The summed E-state index contributed by atoms with van der Waals surface area (Å²) in [6.07, 6.45) is 8.25. The minimum atomic E-state index is -0.410. The predicted molar refractivity (Wildman–Crippen MR) is 68.9 cm³/mol. The molecule has 0 spiro atoms. The molecule has 1 aliphatic rings. The van der Waals surface area contributed by atoms with Crippen LogP contribution < -0.4 is 11.5 Å². The Morgan fingerprint density at radius 3 is 2.62 bits per heavy atom. The Balaban J connectivity index is 2.51. The van der Waals surface area contributed by atoms with Crippen molar-refractivity contribution >= 4 is 5.69 Å². The van der Waals surface area contributed by atoms with Crippen molar-refractivity contribution in [3.05, 3.63) is 53.6 Å². The highest BCUT2D eigenvalue weighted by atomic mass is 14.8. The Morgan fingerprint density at radius 2 is 2.00 bits per heavy atom. The number of hydrogen-bond donors (Lipinski definition) is 2. The van der Waals surface area contributed by atoms with Crippen LogP contribution in [-0.2, 0) is 5.54 Å². The molecule has 0 saturated heterocycles. The summed E-state index contributed by atoms with van der Waals surface area (Å²) in [6, 6.07) is 5.92. The molecule has 2 atom stereocenters. The van der Waals surface area contributed by atoms with Gasteiger partial charge in [-0.25, -0.2) is 0 Å². The van der Waals surface area contributed by atoms with Crippen LogP contribution in [0.1, 0.15) is 18.1 Å². The number of anilines is 1. The Kier molecular flexibility index (Phi) is 2.60. The minimum absolute atomic E-state index is 0.292. The second-order valence-electron chi connectivity index (χ2n) is 4.54. The zero-order valence-electron chi connectivity index (χ0n) is 9.77. The topological polar surface area (TPSA) is 52.0 Å². The van der Waals surface area contributed by atoms with E-state index in [9.17, 15) is 0 Å². The molecular formula is C14H18N2. The Labute approximate surface area is 96.6 Å². The molecule has 0 bridgehead atoms. The van der Waals surface area contributed by atoms with E-state index in [1.165, 1.54) is 0 Å². The second-order valence-corrected chi connectivity index (χ2v) is 4.54. The van der Waals surface area contributed by atoms with Crippen LogP contribution in [0.5, 0.6) is 0 Å². The maximum atomic E-state index is 6.50. The Morgan fingerprint density at radius 1 is 1.25 bits per heavy atom. The van der Waals surface area contributed by atoms with Gasteiger partial charge in [-0.1, -0.05) is 37.3 Å². The van der Waals surface area contributed by atoms with Crippen LogP contribution in [0.3, 0.4) is 0 Å². The molecule has 2 unspecified atom stereocenters. The third-order valence-electron chi connectivity index (χ3n) is 3.35. The van der Waals surface area contributed by atoms with Crippen molar-refractivity contribution in [2.75, 3.05) is 5.73 Å². The molecule has 2 nitrogen and oxygen atoms in total. The third-order valence-corrected chi connectivity index (χ3v) is 3.35. The van der Waals surface area contributed by atoms with Gasteiger partial charge in [0.15, 0.2) is 0 Å². The number of nitrogen functional groups attached to an aromatic ring is 1. The second kappa shape index (κ2) is 3.80. The third kappa shape index (κ3) is 1.65. The number of rotatable bonds is 1. The van der Waals surface area contributed by atoms with Crippen molar-refractivity contribution in [2.45, 2.75) is 19.4 Å². The molecule has 0 fully saturated rings. The van der Waals surface area contributed by atoms with Crippen molar-refractivity contribution in [1.82, 2.24) is 0 Å². The lowest BCUT2D eigenvalue weighted by molar-refractivity contribution is 0.431. The van der Waals surface area contributed by atoms with E-state index in [1.54, 1.807) is 0 Å².